The summed E-state index contributed by atoms with van der Waals surface area (Å²) in [5.74, 6) is 0.787. The molecule has 3 aromatic heterocycles. The standard InChI is InChI=1S/C26H21ClN6/c1-4-19-16(3)20(13-28)25-31-22-7-5-6-8-23(22)33(25)26(19)32-29-14-18-12-17-11-15(2)9-10-21(17)30-24(18)27/h5-12,14,32H,4H2,1-3H3/b29-14-. The number of aromatic nitrogens is 3. The van der Waals surface area contributed by atoms with Gasteiger partial charge in [-0.25, -0.2) is 9.97 Å². The highest BCUT2D eigenvalue weighted by Gasteiger charge is 2.19. The maximum absolute atomic E-state index is 9.84. The minimum absolute atomic E-state index is 0.391. The molecule has 0 bridgehead atoms. The third-order valence-electron chi connectivity index (χ3n) is 5.91. The first-order valence-electron chi connectivity index (χ1n) is 10.7. The van der Waals surface area contributed by atoms with Gasteiger partial charge in [-0.05, 0) is 61.7 Å². The maximum atomic E-state index is 9.84. The van der Waals surface area contributed by atoms with Gasteiger partial charge in [0, 0.05) is 10.9 Å². The Morgan fingerprint density at radius 2 is 1.94 bits per heavy atom. The number of hydrazone groups is 1. The molecule has 0 radical (unpaired) electrons. The molecule has 0 atom stereocenters. The zero-order valence-corrected chi connectivity index (χ0v) is 19.3. The van der Waals surface area contributed by atoms with E-state index in [-0.39, 0.29) is 0 Å². The number of hydrogen-bond donors (Lipinski definition) is 1. The SMILES string of the molecule is CCc1c(C)c(C#N)c2nc3ccccc3n2c1N/N=C\c1cc2cc(C)ccc2nc1Cl. The average molecular weight is 453 g/mol. The molecule has 0 unspecified atom stereocenters. The van der Waals surface area contributed by atoms with E-state index in [2.05, 4.69) is 34.6 Å². The van der Waals surface area contributed by atoms with Gasteiger partial charge < -0.3 is 0 Å². The second-order valence-electron chi connectivity index (χ2n) is 7.99. The van der Waals surface area contributed by atoms with E-state index in [9.17, 15) is 5.26 Å². The molecular weight excluding hydrogens is 432 g/mol. The number of nitrogens with one attached hydrogen (secondary N) is 1. The largest absolute Gasteiger partial charge is 0.276 e. The Labute approximate surface area is 196 Å². The van der Waals surface area contributed by atoms with Gasteiger partial charge in [0.05, 0.1) is 28.3 Å². The van der Waals surface area contributed by atoms with Gasteiger partial charge in [-0.1, -0.05) is 42.3 Å². The summed E-state index contributed by atoms with van der Waals surface area (Å²) < 4.78 is 1.97. The van der Waals surface area contributed by atoms with Crippen LogP contribution in [0.25, 0.3) is 27.6 Å². The fourth-order valence-corrected chi connectivity index (χ4v) is 4.47. The highest BCUT2D eigenvalue weighted by molar-refractivity contribution is 6.32. The van der Waals surface area contributed by atoms with E-state index < -0.39 is 0 Å². The van der Waals surface area contributed by atoms with Gasteiger partial charge in [-0.15, -0.1) is 0 Å². The van der Waals surface area contributed by atoms with Crippen molar-refractivity contribution in [2.45, 2.75) is 27.2 Å². The van der Waals surface area contributed by atoms with Crippen molar-refractivity contribution in [2.75, 3.05) is 5.43 Å². The number of fused-ring (bicyclic) bond motifs is 4. The zero-order chi connectivity index (χ0) is 23.1. The number of hydrogen-bond acceptors (Lipinski definition) is 5. The molecule has 0 spiro atoms. The predicted molar refractivity (Wildman–Crippen MR) is 134 cm³/mol. The molecular formula is C26H21ClN6. The molecule has 1 N–H and O–H groups in total. The summed E-state index contributed by atoms with van der Waals surface area (Å²) in [7, 11) is 0. The lowest BCUT2D eigenvalue weighted by atomic mass is 10.0. The Morgan fingerprint density at radius 3 is 2.73 bits per heavy atom. The molecule has 33 heavy (non-hydrogen) atoms. The first-order chi connectivity index (χ1) is 16.0. The van der Waals surface area contributed by atoms with Crippen molar-refractivity contribution < 1.29 is 0 Å². The molecule has 0 amide bonds. The fourth-order valence-electron chi connectivity index (χ4n) is 4.28. The van der Waals surface area contributed by atoms with Crippen LogP contribution >= 0.6 is 11.6 Å². The highest BCUT2D eigenvalue weighted by atomic mass is 35.5. The Hall–Kier alpha value is -3.95. The molecule has 0 aliphatic rings. The Kier molecular flexibility index (Phi) is 5.20. The molecule has 0 aliphatic heterocycles. The van der Waals surface area contributed by atoms with Crippen LogP contribution in [0.2, 0.25) is 5.15 Å². The monoisotopic (exact) mass is 452 g/mol. The third kappa shape index (κ3) is 3.47. The van der Waals surface area contributed by atoms with Gasteiger partial charge in [0.15, 0.2) is 5.65 Å². The summed E-state index contributed by atoms with van der Waals surface area (Å²) >= 11 is 6.42. The number of halogens is 1. The van der Waals surface area contributed by atoms with Crippen LogP contribution in [0.15, 0.2) is 53.6 Å². The number of pyridine rings is 2. The van der Waals surface area contributed by atoms with Crippen molar-refractivity contribution in [2.24, 2.45) is 5.10 Å². The first kappa shape index (κ1) is 20.9. The van der Waals surface area contributed by atoms with Crippen LogP contribution in [0.1, 0.15) is 34.7 Å². The van der Waals surface area contributed by atoms with Crippen LogP contribution in [0.4, 0.5) is 5.82 Å². The number of nitrogens with zero attached hydrogens (tertiary/aromatic N) is 5. The highest BCUT2D eigenvalue weighted by Crippen LogP contribution is 2.31. The quantitative estimate of drug-likeness (QED) is 0.200. The lowest BCUT2D eigenvalue weighted by Crippen LogP contribution is -2.07. The van der Waals surface area contributed by atoms with E-state index >= 15 is 0 Å². The van der Waals surface area contributed by atoms with E-state index in [1.54, 1.807) is 6.21 Å². The molecule has 6 nitrogen and oxygen atoms in total. The normalized spacial score (nSPS) is 11.6. The number of imidazole rings is 1. The van der Waals surface area contributed by atoms with Gasteiger partial charge in [-0.3, -0.25) is 9.83 Å². The van der Waals surface area contributed by atoms with Gasteiger partial charge in [0.2, 0.25) is 0 Å². The lowest BCUT2D eigenvalue weighted by molar-refractivity contribution is 1.04. The maximum Gasteiger partial charge on any atom is 0.157 e. The van der Waals surface area contributed by atoms with Gasteiger partial charge in [0.25, 0.3) is 0 Å². The van der Waals surface area contributed by atoms with Crippen molar-refractivity contribution in [3.63, 3.8) is 0 Å². The minimum atomic E-state index is 0.391. The molecule has 3 heterocycles. The number of para-hydroxylation sites is 2. The Morgan fingerprint density at radius 1 is 1.12 bits per heavy atom. The minimum Gasteiger partial charge on any atom is -0.276 e. The number of anilines is 1. The van der Waals surface area contributed by atoms with E-state index in [0.29, 0.717) is 16.4 Å². The molecule has 5 aromatic rings. The Balaban J connectivity index is 1.65. The number of aryl methyl sites for hydroxylation is 1. The Bertz CT molecular complexity index is 1620. The number of rotatable bonds is 4. The molecule has 2 aromatic carbocycles. The molecule has 162 valence electrons. The van der Waals surface area contributed by atoms with E-state index in [4.69, 9.17) is 16.6 Å². The number of benzene rings is 2. The molecule has 0 saturated carbocycles. The summed E-state index contributed by atoms with van der Waals surface area (Å²) in [6, 6.07) is 18.2. The predicted octanol–water partition coefficient (Wildman–Crippen LogP) is 6.19. The summed E-state index contributed by atoms with van der Waals surface area (Å²) in [6.45, 7) is 6.07. The van der Waals surface area contributed by atoms with E-state index in [1.165, 1.54) is 0 Å². The van der Waals surface area contributed by atoms with Gasteiger partial charge >= 0.3 is 0 Å². The molecule has 0 fully saturated rings. The first-order valence-corrected chi connectivity index (χ1v) is 11.1. The van der Waals surface area contributed by atoms with Crippen LogP contribution in [0.5, 0.6) is 0 Å². The summed E-state index contributed by atoms with van der Waals surface area (Å²) in [5.41, 5.74) is 10.8. The van der Waals surface area contributed by atoms with Crippen molar-refractivity contribution >= 4 is 51.2 Å². The van der Waals surface area contributed by atoms with Crippen molar-refractivity contribution in [3.05, 3.63) is 81.5 Å². The molecule has 0 aliphatic carbocycles. The van der Waals surface area contributed by atoms with Gasteiger partial charge in [-0.2, -0.15) is 10.4 Å². The van der Waals surface area contributed by atoms with Gasteiger partial charge in [0.1, 0.15) is 17.0 Å². The zero-order valence-electron chi connectivity index (χ0n) is 18.5. The van der Waals surface area contributed by atoms with Crippen LogP contribution in [0, 0.1) is 25.2 Å². The van der Waals surface area contributed by atoms with Crippen molar-refractivity contribution in [1.29, 1.82) is 5.26 Å². The van der Waals surface area contributed by atoms with E-state index in [0.717, 1.165) is 56.4 Å². The van der Waals surface area contributed by atoms with E-state index in [1.807, 2.05) is 60.7 Å². The van der Waals surface area contributed by atoms with Crippen LogP contribution in [-0.2, 0) is 6.42 Å². The molecule has 5 rings (SSSR count). The van der Waals surface area contributed by atoms with Crippen LogP contribution < -0.4 is 5.43 Å². The smallest absolute Gasteiger partial charge is 0.157 e. The fraction of sp³-hybridized carbons (Fsp3) is 0.154. The van der Waals surface area contributed by atoms with Crippen molar-refractivity contribution in [3.8, 4) is 6.07 Å². The average Bonchev–Trinajstić information content (AvgIpc) is 3.19. The second kappa shape index (κ2) is 8.19. The molecule has 0 saturated heterocycles. The van der Waals surface area contributed by atoms with Crippen LogP contribution in [-0.4, -0.2) is 20.6 Å². The summed E-state index contributed by atoms with van der Waals surface area (Å²) in [5, 5.41) is 15.7. The molecule has 7 heteroatoms. The van der Waals surface area contributed by atoms with Crippen molar-refractivity contribution in [1.82, 2.24) is 14.4 Å². The third-order valence-corrected chi connectivity index (χ3v) is 6.21. The second-order valence-corrected chi connectivity index (χ2v) is 8.34. The van der Waals surface area contributed by atoms with Crippen LogP contribution in [0.3, 0.4) is 0 Å². The summed E-state index contributed by atoms with van der Waals surface area (Å²) in [4.78, 5) is 9.21. The summed E-state index contributed by atoms with van der Waals surface area (Å²) in [6.07, 6.45) is 2.41. The number of nitriles is 1. The lowest BCUT2D eigenvalue weighted by Gasteiger charge is -2.15. The topological polar surface area (TPSA) is 78.4 Å².